The second kappa shape index (κ2) is 8.80. The highest BCUT2D eigenvalue weighted by Gasteiger charge is 2.27. The van der Waals surface area contributed by atoms with Gasteiger partial charge >= 0.3 is 0 Å². The van der Waals surface area contributed by atoms with E-state index in [0.717, 1.165) is 32.4 Å². The molecule has 0 aliphatic carbocycles. The van der Waals surface area contributed by atoms with Crippen LogP contribution in [0, 0.1) is 13.8 Å². The third-order valence-electron chi connectivity index (χ3n) is 5.71. The third kappa shape index (κ3) is 4.19. The van der Waals surface area contributed by atoms with Gasteiger partial charge in [0.15, 0.2) is 0 Å². The van der Waals surface area contributed by atoms with Gasteiger partial charge in [0.05, 0.1) is 31.7 Å². The quantitative estimate of drug-likeness (QED) is 0.331. The molecule has 3 heterocycles. The molecule has 4 aromatic rings. The Hall–Kier alpha value is -2.32. The maximum atomic E-state index is 13.0. The number of nitrogens with zero attached hydrogens (tertiary/aromatic N) is 5. The van der Waals surface area contributed by atoms with Gasteiger partial charge in [0.25, 0.3) is 5.91 Å². The summed E-state index contributed by atoms with van der Waals surface area (Å²) in [5.41, 5.74) is 4.15. The summed E-state index contributed by atoms with van der Waals surface area (Å²) >= 11 is 20.5. The summed E-state index contributed by atoms with van der Waals surface area (Å²) < 4.78 is 2.91. The Morgan fingerprint density at radius 3 is 2.39 bits per heavy atom. The third-order valence-corrected chi connectivity index (χ3v) is 7.57. The lowest BCUT2D eigenvalue weighted by atomic mass is 10.1. The largest absolute Gasteiger partial charge is 0.365 e. The van der Waals surface area contributed by atoms with E-state index in [4.69, 9.17) is 39.8 Å². The number of hydrogen-bond donors (Lipinski definition) is 0. The van der Waals surface area contributed by atoms with Crippen molar-refractivity contribution in [3.63, 3.8) is 0 Å². The molecule has 1 saturated heterocycles. The summed E-state index contributed by atoms with van der Waals surface area (Å²) in [5.74, 6) is -0.119. The molecule has 33 heavy (non-hydrogen) atoms. The van der Waals surface area contributed by atoms with Gasteiger partial charge in [0, 0.05) is 36.9 Å². The summed E-state index contributed by atoms with van der Waals surface area (Å²) in [6.07, 6.45) is 0. The highest BCUT2D eigenvalue weighted by atomic mass is 35.5. The fourth-order valence-corrected chi connectivity index (χ4v) is 5.75. The number of thiazole rings is 1. The number of piperazine rings is 1. The Morgan fingerprint density at radius 1 is 0.970 bits per heavy atom. The molecule has 1 aliphatic heterocycles. The van der Waals surface area contributed by atoms with E-state index in [2.05, 4.69) is 10.00 Å². The van der Waals surface area contributed by atoms with Gasteiger partial charge in [-0.3, -0.25) is 4.79 Å². The number of carbonyl (C=O) groups excluding carboxylic acids is 1. The van der Waals surface area contributed by atoms with E-state index in [1.165, 1.54) is 0 Å². The normalized spacial score (nSPS) is 14.3. The summed E-state index contributed by atoms with van der Waals surface area (Å²) in [5, 5.41) is 6.91. The Kier molecular flexibility index (Phi) is 5.99. The SMILES string of the molecule is Cc1cc(C)n(-c2nc3c(N4CCN(C(=O)c5cc(Cl)ccc5Cl)CC4)c(Cl)ccc3s2)n1. The molecule has 0 saturated carbocycles. The molecule has 0 spiro atoms. The van der Waals surface area contributed by atoms with Crippen LogP contribution in [0.5, 0.6) is 0 Å². The van der Waals surface area contributed by atoms with Gasteiger partial charge in [-0.15, -0.1) is 0 Å². The number of aryl methyl sites for hydroxylation is 2. The summed E-state index contributed by atoms with van der Waals surface area (Å²) in [6.45, 7) is 6.34. The number of hydrogen-bond acceptors (Lipinski definition) is 5. The molecule has 0 atom stereocenters. The van der Waals surface area contributed by atoms with Crippen molar-refractivity contribution in [2.45, 2.75) is 13.8 Å². The summed E-state index contributed by atoms with van der Waals surface area (Å²) in [4.78, 5) is 21.9. The average molecular weight is 521 g/mol. The van der Waals surface area contributed by atoms with Gasteiger partial charge in [-0.1, -0.05) is 46.1 Å². The van der Waals surface area contributed by atoms with E-state index < -0.39 is 0 Å². The highest BCUT2D eigenvalue weighted by molar-refractivity contribution is 7.20. The molecule has 170 valence electrons. The van der Waals surface area contributed by atoms with Crippen molar-refractivity contribution in [3.8, 4) is 5.13 Å². The van der Waals surface area contributed by atoms with Crippen LogP contribution in [0.3, 0.4) is 0 Å². The van der Waals surface area contributed by atoms with Gasteiger partial charge in [-0.25, -0.2) is 9.67 Å². The minimum atomic E-state index is -0.119. The number of carbonyl (C=O) groups is 1. The predicted octanol–water partition coefficient (Wildman–Crippen LogP) is 6.02. The van der Waals surface area contributed by atoms with Crippen molar-refractivity contribution in [1.82, 2.24) is 19.7 Å². The van der Waals surface area contributed by atoms with Gasteiger partial charge in [0.2, 0.25) is 5.13 Å². The van der Waals surface area contributed by atoms with Crippen molar-refractivity contribution in [2.24, 2.45) is 0 Å². The second-order valence-corrected chi connectivity index (χ2v) is 10.2. The lowest BCUT2D eigenvalue weighted by molar-refractivity contribution is 0.0747. The van der Waals surface area contributed by atoms with Crippen LogP contribution in [-0.2, 0) is 0 Å². The van der Waals surface area contributed by atoms with Crippen molar-refractivity contribution < 1.29 is 4.79 Å². The zero-order chi connectivity index (χ0) is 23.3. The first kappa shape index (κ1) is 22.5. The number of halogens is 3. The Morgan fingerprint density at radius 2 is 1.70 bits per heavy atom. The minimum Gasteiger partial charge on any atom is -0.365 e. The molecule has 1 amide bonds. The Labute approximate surface area is 210 Å². The van der Waals surface area contributed by atoms with Crippen molar-refractivity contribution >= 4 is 68.0 Å². The number of benzene rings is 2. The highest BCUT2D eigenvalue weighted by Crippen LogP contribution is 2.38. The topological polar surface area (TPSA) is 54.3 Å². The van der Waals surface area contributed by atoms with Crippen molar-refractivity contribution in [2.75, 3.05) is 31.1 Å². The van der Waals surface area contributed by atoms with Gasteiger partial charge in [-0.2, -0.15) is 5.10 Å². The molecule has 0 bridgehead atoms. The van der Waals surface area contributed by atoms with E-state index in [-0.39, 0.29) is 5.91 Å². The molecule has 0 radical (unpaired) electrons. The van der Waals surface area contributed by atoms with E-state index in [0.29, 0.717) is 46.8 Å². The second-order valence-electron chi connectivity index (χ2n) is 7.98. The summed E-state index contributed by atoms with van der Waals surface area (Å²) in [6, 6.07) is 10.9. The van der Waals surface area contributed by atoms with Gasteiger partial charge in [-0.05, 0) is 50.2 Å². The molecule has 6 nitrogen and oxygen atoms in total. The standard InChI is InChI=1S/C23H20Cl3N5OS/c1-13-11-14(2)31(28-13)23-27-20-19(33-23)6-5-18(26)21(20)29-7-9-30(10-8-29)22(32)16-12-15(24)3-4-17(16)25/h3-6,11-12H,7-10H2,1-2H3. The number of rotatable bonds is 3. The van der Waals surface area contributed by atoms with Crippen LogP contribution in [0.4, 0.5) is 5.69 Å². The van der Waals surface area contributed by atoms with E-state index in [9.17, 15) is 4.79 Å². The maximum absolute atomic E-state index is 13.0. The zero-order valence-electron chi connectivity index (χ0n) is 18.0. The predicted molar refractivity (Wildman–Crippen MR) is 136 cm³/mol. The summed E-state index contributed by atoms with van der Waals surface area (Å²) in [7, 11) is 0. The number of fused-ring (bicyclic) bond motifs is 1. The fourth-order valence-electron chi connectivity index (χ4n) is 4.12. The number of anilines is 1. The molecule has 1 fully saturated rings. The lowest BCUT2D eigenvalue weighted by Crippen LogP contribution is -2.49. The smallest absolute Gasteiger partial charge is 0.255 e. The van der Waals surface area contributed by atoms with Gasteiger partial charge < -0.3 is 9.80 Å². The molecule has 0 N–H and O–H groups in total. The van der Waals surface area contributed by atoms with Crippen LogP contribution in [0.25, 0.3) is 15.3 Å². The van der Waals surface area contributed by atoms with Crippen LogP contribution in [0.1, 0.15) is 21.7 Å². The number of aromatic nitrogens is 3. The Bertz CT molecular complexity index is 1370. The molecular formula is C23H20Cl3N5OS. The van der Waals surface area contributed by atoms with Gasteiger partial charge in [0.1, 0.15) is 5.52 Å². The van der Waals surface area contributed by atoms with E-state index in [1.807, 2.05) is 36.7 Å². The van der Waals surface area contributed by atoms with Crippen LogP contribution in [0.2, 0.25) is 15.1 Å². The lowest BCUT2D eigenvalue weighted by Gasteiger charge is -2.36. The first-order valence-corrected chi connectivity index (χ1v) is 12.4. The van der Waals surface area contributed by atoms with Crippen LogP contribution >= 0.6 is 46.1 Å². The van der Waals surface area contributed by atoms with Crippen molar-refractivity contribution in [1.29, 1.82) is 0 Å². The number of amides is 1. The maximum Gasteiger partial charge on any atom is 0.255 e. The molecule has 2 aromatic heterocycles. The first-order valence-electron chi connectivity index (χ1n) is 10.4. The Balaban J connectivity index is 1.41. The molecule has 1 aliphatic rings. The van der Waals surface area contributed by atoms with E-state index in [1.54, 1.807) is 34.4 Å². The van der Waals surface area contributed by atoms with Crippen LogP contribution in [0.15, 0.2) is 36.4 Å². The van der Waals surface area contributed by atoms with Crippen molar-refractivity contribution in [3.05, 3.63) is 68.4 Å². The first-order chi connectivity index (χ1) is 15.8. The molecule has 0 unspecified atom stereocenters. The molecule has 10 heteroatoms. The minimum absolute atomic E-state index is 0.119. The van der Waals surface area contributed by atoms with Crippen LogP contribution in [-0.4, -0.2) is 51.8 Å². The fraction of sp³-hybridized carbons (Fsp3) is 0.261. The average Bonchev–Trinajstić information content (AvgIpc) is 3.37. The molecule has 2 aromatic carbocycles. The van der Waals surface area contributed by atoms with E-state index >= 15 is 0 Å². The molecule has 5 rings (SSSR count). The van der Waals surface area contributed by atoms with Crippen LogP contribution < -0.4 is 4.90 Å². The zero-order valence-corrected chi connectivity index (χ0v) is 21.1. The monoisotopic (exact) mass is 519 g/mol. The molecular weight excluding hydrogens is 501 g/mol.